The number of carbonyl (C=O) groups excluding carboxylic acids is 2. The summed E-state index contributed by atoms with van der Waals surface area (Å²) in [5.41, 5.74) is 0. The molecule has 2 fully saturated rings. The van der Waals surface area contributed by atoms with E-state index in [1.54, 1.807) is 0 Å². The Balaban J connectivity index is 1.73. The first-order chi connectivity index (χ1) is 32.9. The minimum absolute atomic E-state index is 0.0242. The lowest BCUT2D eigenvalue weighted by molar-refractivity contribution is -0.220. The Morgan fingerprint density at radius 1 is 0.529 bits per heavy atom. The van der Waals surface area contributed by atoms with Crippen molar-refractivity contribution >= 4 is 19.8 Å². The second kappa shape index (κ2) is 38.3. The SMILES string of the molecule is CC/C=C\CC1OC1C/C=C\C/C=C\C/C=C\C/C=C\CCC(=O)OC[C@H](COP(=O)(O)OC1[C@H](O)[C@H](O)C(O)[C@H](O)[C@H]1O)OC(=O)CCCCC/C=C\C/C=C\C/C=C\C/C=C\CCCCC. The zero-order valence-electron chi connectivity index (χ0n) is 40.5. The highest BCUT2D eigenvalue weighted by molar-refractivity contribution is 7.47. The molecule has 0 radical (unpaired) electrons. The number of phosphoric acid groups is 1. The molecule has 2 aliphatic rings. The van der Waals surface area contributed by atoms with Crippen LogP contribution in [-0.2, 0) is 37.4 Å². The first-order valence-corrected chi connectivity index (χ1v) is 26.3. The van der Waals surface area contributed by atoms with Crippen molar-refractivity contribution in [3.05, 3.63) is 109 Å². The number of ether oxygens (including phenoxy) is 3. The van der Waals surface area contributed by atoms with Crippen LogP contribution in [0.15, 0.2) is 109 Å². The van der Waals surface area contributed by atoms with E-state index >= 15 is 0 Å². The largest absolute Gasteiger partial charge is 0.472 e. The maximum atomic E-state index is 12.8. The van der Waals surface area contributed by atoms with Gasteiger partial charge in [-0.25, -0.2) is 4.57 Å². The zero-order chi connectivity index (χ0) is 49.7. The summed E-state index contributed by atoms with van der Waals surface area (Å²) < 4.78 is 39.2. The van der Waals surface area contributed by atoms with Crippen LogP contribution in [0.25, 0.3) is 0 Å². The average Bonchev–Trinajstić information content (AvgIpc) is 4.08. The van der Waals surface area contributed by atoms with E-state index in [-0.39, 0.29) is 12.8 Å². The number of epoxide rings is 1. The Morgan fingerprint density at radius 2 is 0.985 bits per heavy atom. The number of hydrogen-bond acceptors (Lipinski definition) is 13. The van der Waals surface area contributed by atoms with Crippen molar-refractivity contribution in [1.82, 2.24) is 0 Å². The maximum Gasteiger partial charge on any atom is 0.472 e. The highest BCUT2D eigenvalue weighted by Gasteiger charge is 2.51. The van der Waals surface area contributed by atoms with E-state index in [0.29, 0.717) is 31.5 Å². The van der Waals surface area contributed by atoms with Crippen LogP contribution in [0.1, 0.15) is 142 Å². The Morgan fingerprint density at radius 3 is 1.50 bits per heavy atom. The third kappa shape index (κ3) is 29.5. The predicted octanol–water partition coefficient (Wildman–Crippen LogP) is 9.38. The van der Waals surface area contributed by atoms with Crippen LogP contribution in [0.5, 0.6) is 0 Å². The topological polar surface area (TPSA) is 222 Å². The minimum Gasteiger partial charge on any atom is -0.462 e. The number of unbranched alkanes of at least 4 members (excludes halogenated alkanes) is 6. The second-order valence-electron chi connectivity index (χ2n) is 17.0. The smallest absolute Gasteiger partial charge is 0.462 e. The fraction of sp³-hybridized carbons (Fsp3) is 0.623. The summed E-state index contributed by atoms with van der Waals surface area (Å²) in [4.78, 5) is 35.8. The highest BCUT2D eigenvalue weighted by atomic mass is 31.2. The first-order valence-electron chi connectivity index (χ1n) is 24.8. The number of aliphatic hydroxyl groups excluding tert-OH is 5. The molecule has 68 heavy (non-hydrogen) atoms. The van der Waals surface area contributed by atoms with E-state index in [1.165, 1.54) is 19.3 Å². The molecular formula is C53H83O14P. The van der Waals surface area contributed by atoms with Crippen LogP contribution in [0.2, 0.25) is 0 Å². The molecule has 384 valence electrons. The average molecular weight is 975 g/mol. The molecule has 1 aliphatic heterocycles. The van der Waals surface area contributed by atoms with Gasteiger partial charge in [-0.15, -0.1) is 0 Å². The second-order valence-corrected chi connectivity index (χ2v) is 18.4. The number of carbonyl (C=O) groups is 2. The molecule has 0 aromatic carbocycles. The van der Waals surface area contributed by atoms with Gasteiger partial charge in [-0.1, -0.05) is 142 Å². The summed E-state index contributed by atoms with van der Waals surface area (Å²) in [6.07, 6.45) is 41.8. The molecule has 1 saturated heterocycles. The first kappa shape index (κ1) is 60.6. The van der Waals surface area contributed by atoms with Crippen molar-refractivity contribution in [3.63, 3.8) is 0 Å². The van der Waals surface area contributed by atoms with E-state index in [2.05, 4.69) is 105 Å². The molecule has 10 atom stereocenters. The molecule has 0 aromatic rings. The fourth-order valence-corrected chi connectivity index (χ4v) is 7.90. The standard InChI is InChI=1S/C53H83O14P/c1-3-5-7-8-9-10-11-12-13-14-15-16-17-18-23-26-29-32-36-40-47(55)65-43(42-64-68(61,62)67-53-51(59)49(57)48(56)50(58)52(53)60)41-63-46(54)39-35-31-28-25-22-20-19-21-24-27-30-34-38-45-44(66-45)37-33-6-4-2/h6,9-10,12-13,15-16,18,20-24,28,30-31,33-34,43-45,48-53,56-60H,3-5,7-8,11,14,17,19,25-27,29,32,35-42H2,1-2H3,(H,61,62)/b10-9-,13-12-,16-15-,22-20-,23-18-,24-21-,31-28-,33-6-,34-30-/t43-,44?,45?,48?,49-,50+,51-,52-,53?/m1/s1. The Hall–Kier alpha value is -3.53. The summed E-state index contributed by atoms with van der Waals surface area (Å²) >= 11 is 0. The molecule has 1 heterocycles. The van der Waals surface area contributed by atoms with Crippen LogP contribution in [0.3, 0.4) is 0 Å². The van der Waals surface area contributed by atoms with E-state index < -0.39 is 75.7 Å². The lowest BCUT2D eigenvalue weighted by atomic mass is 9.85. The molecule has 0 spiro atoms. The lowest BCUT2D eigenvalue weighted by Gasteiger charge is -2.41. The van der Waals surface area contributed by atoms with Gasteiger partial charge < -0.3 is 44.6 Å². The number of hydrogen-bond donors (Lipinski definition) is 6. The van der Waals surface area contributed by atoms with E-state index in [1.807, 2.05) is 18.2 Å². The number of aliphatic hydroxyl groups is 5. The lowest BCUT2D eigenvalue weighted by Crippen LogP contribution is -2.64. The number of esters is 2. The van der Waals surface area contributed by atoms with Crippen LogP contribution >= 0.6 is 7.82 Å². The van der Waals surface area contributed by atoms with Crippen molar-refractivity contribution in [2.45, 2.75) is 197 Å². The molecule has 0 aromatic heterocycles. The van der Waals surface area contributed by atoms with Gasteiger partial charge >= 0.3 is 19.8 Å². The Kier molecular flexibility index (Phi) is 34.1. The summed E-state index contributed by atoms with van der Waals surface area (Å²) in [6.45, 7) is 3.05. The van der Waals surface area contributed by atoms with Gasteiger partial charge in [0.05, 0.1) is 18.8 Å². The van der Waals surface area contributed by atoms with Crippen LogP contribution in [0.4, 0.5) is 0 Å². The summed E-state index contributed by atoms with van der Waals surface area (Å²) in [6, 6.07) is 0. The molecular weight excluding hydrogens is 892 g/mol. The van der Waals surface area contributed by atoms with Gasteiger partial charge in [0.1, 0.15) is 43.2 Å². The quantitative estimate of drug-likeness (QED) is 0.0112. The highest BCUT2D eigenvalue weighted by Crippen LogP contribution is 2.47. The van der Waals surface area contributed by atoms with Crippen LogP contribution in [0, 0.1) is 0 Å². The molecule has 0 bridgehead atoms. The zero-order valence-corrected chi connectivity index (χ0v) is 41.4. The number of phosphoric ester groups is 1. The van der Waals surface area contributed by atoms with Crippen molar-refractivity contribution in [1.29, 1.82) is 0 Å². The van der Waals surface area contributed by atoms with E-state index in [9.17, 15) is 44.6 Å². The molecule has 14 nitrogen and oxygen atoms in total. The predicted molar refractivity (Wildman–Crippen MR) is 266 cm³/mol. The van der Waals surface area contributed by atoms with Gasteiger partial charge in [0.2, 0.25) is 0 Å². The van der Waals surface area contributed by atoms with Crippen molar-refractivity contribution in [3.8, 4) is 0 Å². The van der Waals surface area contributed by atoms with Gasteiger partial charge in [0, 0.05) is 12.8 Å². The van der Waals surface area contributed by atoms with Gasteiger partial charge in [-0.3, -0.25) is 18.6 Å². The Bertz CT molecular complexity index is 1670. The summed E-state index contributed by atoms with van der Waals surface area (Å²) in [7, 11) is -5.16. The number of rotatable bonds is 38. The molecule has 1 saturated carbocycles. The maximum absolute atomic E-state index is 12.8. The van der Waals surface area contributed by atoms with E-state index in [0.717, 1.165) is 77.0 Å². The van der Waals surface area contributed by atoms with Crippen LogP contribution < -0.4 is 0 Å². The van der Waals surface area contributed by atoms with Gasteiger partial charge in [-0.2, -0.15) is 0 Å². The molecule has 5 unspecified atom stereocenters. The normalized spacial score (nSPS) is 24.9. The number of allylic oxidation sites excluding steroid dienone is 16. The monoisotopic (exact) mass is 975 g/mol. The fourth-order valence-electron chi connectivity index (χ4n) is 6.92. The van der Waals surface area contributed by atoms with Crippen LogP contribution in [-0.4, -0.2) is 111 Å². The van der Waals surface area contributed by atoms with E-state index in [4.69, 9.17) is 23.3 Å². The molecule has 6 N–H and O–H groups in total. The third-order valence-electron chi connectivity index (χ3n) is 11.0. The van der Waals surface area contributed by atoms with Crippen molar-refractivity contribution in [2.75, 3.05) is 13.2 Å². The molecule has 2 rings (SSSR count). The molecule has 1 aliphatic carbocycles. The summed E-state index contributed by atoms with van der Waals surface area (Å²) in [5, 5.41) is 50.2. The molecule has 15 heteroatoms. The minimum atomic E-state index is -5.16. The molecule has 0 amide bonds. The van der Waals surface area contributed by atoms with Gasteiger partial charge in [0.15, 0.2) is 6.10 Å². The third-order valence-corrected chi connectivity index (χ3v) is 12.0. The summed E-state index contributed by atoms with van der Waals surface area (Å²) in [5.74, 6) is -1.25. The van der Waals surface area contributed by atoms with Gasteiger partial charge in [0.25, 0.3) is 0 Å². The van der Waals surface area contributed by atoms with Crippen molar-refractivity contribution < 1.29 is 67.8 Å². The van der Waals surface area contributed by atoms with Crippen molar-refractivity contribution in [2.24, 2.45) is 0 Å². The van der Waals surface area contributed by atoms with Gasteiger partial charge in [-0.05, 0) is 96.3 Å². The Labute approximate surface area is 406 Å².